The lowest BCUT2D eigenvalue weighted by molar-refractivity contribution is 0.191. The molecule has 84 valence electrons. The topological polar surface area (TPSA) is 56.3 Å². The van der Waals surface area contributed by atoms with Gasteiger partial charge in [0, 0.05) is 25.3 Å². The van der Waals surface area contributed by atoms with Crippen molar-refractivity contribution < 1.29 is 9.47 Å². The highest BCUT2D eigenvalue weighted by Crippen LogP contribution is 2.08. The summed E-state index contributed by atoms with van der Waals surface area (Å²) in [5.74, 6) is 1.42. The van der Waals surface area contributed by atoms with Crippen LogP contribution in [0.15, 0.2) is 12.3 Å². The predicted molar refractivity (Wildman–Crippen MR) is 58.6 cm³/mol. The molecule has 0 aliphatic rings. The summed E-state index contributed by atoms with van der Waals surface area (Å²) in [6, 6.07) is 1.67. The highest BCUT2D eigenvalue weighted by atomic mass is 35.5. The molecule has 15 heavy (non-hydrogen) atoms. The van der Waals surface area contributed by atoms with Crippen LogP contribution in [0.3, 0.4) is 0 Å². The molecule has 6 heteroatoms. The van der Waals surface area contributed by atoms with E-state index in [1.165, 1.54) is 0 Å². The standard InChI is InChI=1S/C9H14ClN3O2/c1-14-6-7(5-10)12-9-11-4-3-8(13-9)15-2/h3-4,7H,5-6H2,1-2H3,(H,11,12,13). The van der Waals surface area contributed by atoms with Gasteiger partial charge in [0.15, 0.2) is 0 Å². The molecule has 0 bridgehead atoms. The largest absolute Gasteiger partial charge is 0.481 e. The second kappa shape index (κ2) is 6.42. The monoisotopic (exact) mass is 231 g/mol. The molecule has 0 saturated carbocycles. The lowest BCUT2D eigenvalue weighted by Gasteiger charge is -2.14. The van der Waals surface area contributed by atoms with E-state index in [1.54, 1.807) is 26.5 Å². The van der Waals surface area contributed by atoms with Gasteiger partial charge in [-0.15, -0.1) is 11.6 Å². The fourth-order valence-electron chi connectivity index (χ4n) is 1.03. The van der Waals surface area contributed by atoms with Crippen LogP contribution in [0.4, 0.5) is 5.95 Å². The normalized spacial score (nSPS) is 12.2. The second-order valence-electron chi connectivity index (χ2n) is 2.87. The third-order valence-electron chi connectivity index (χ3n) is 1.73. The van der Waals surface area contributed by atoms with Crippen molar-refractivity contribution in [3.05, 3.63) is 12.3 Å². The number of aromatic nitrogens is 2. The van der Waals surface area contributed by atoms with E-state index in [-0.39, 0.29) is 6.04 Å². The molecule has 1 heterocycles. The summed E-state index contributed by atoms with van der Waals surface area (Å²) < 4.78 is 9.96. The molecule has 1 atom stereocenters. The average Bonchev–Trinajstić information content (AvgIpc) is 2.29. The Hall–Kier alpha value is -1.07. The Kier molecular flexibility index (Phi) is 5.14. The number of rotatable bonds is 6. The Morgan fingerprint density at radius 2 is 2.33 bits per heavy atom. The number of halogens is 1. The van der Waals surface area contributed by atoms with Crippen LogP contribution in [-0.2, 0) is 4.74 Å². The third-order valence-corrected chi connectivity index (χ3v) is 2.10. The van der Waals surface area contributed by atoms with E-state index < -0.39 is 0 Å². The number of ether oxygens (including phenoxy) is 2. The molecule has 0 aliphatic carbocycles. The first-order chi connectivity index (χ1) is 7.30. The van der Waals surface area contributed by atoms with E-state index in [1.807, 2.05) is 0 Å². The molecular weight excluding hydrogens is 218 g/mol. The highest BCUT2D eigenvalue weighted by molar-refractivity contribution is 6.18. The molecule has 1 rings (SSSR count). The summed E-state index contributed by atoms with van der Waals surface area (Å²) in [4.78, 5) is 8.14. The number of anilines is 1. The summed E-state index contributed by atoms with van der Waals surface area (Å²) in [7, 11) is 3.17. The van der Waals surface area contributed by atoms with E-state index in [2.05, 4.69) is 15.3 Å². The first kappa shape index (κ1) is 12.0. The maximum Gasteiger partial charge on any atom is 0.226 e. The van der Waals surface area contributed by atoms with Gasteiger partial charge in [-0.1, -0.05) is 0 Å². The average molecular weight is 232 g/mol. The van der Waals surface area contributed by atoms with Crippen molar-refractivity contribution in [2.75, 3.05) is 32.0 Å². The maximum absolute atomic E-state index is 5.74. The van der Waals surface area contributed by atoms with Crippen LogP contribution >= 0.6 is 11.6 Å². The van der Waals surface area contributed by atoms with Crippen LogP contribution in [0.2, 0.25) is 0 Å². The number of methoxy groups -OCH3 is 2. The quantitative estimate of drug-likeness (QED) is 0.745. The molecule has 5 nitrogen and oxygen atoms in total. The van der Waals surface area contributed by atoms with Gasteiger partial charge in [0.05, 0.1) is 19.8 Å². The van der Waals surface area contributed by atoms with Gasteiger partial charge >= 0.3 is 0 Å². The number of hydrogen-bond donors (Lipinski definition) is 1. The SMILES string of the molecule is COCC(CCl)Nc1nccc(OC)n1. The number of hydrogen-bond acceptors (Lipinski definition) is 5. The van der Waals surface area contributed by atoms with Crippen LogP contribution in [0, 0.1) is 0 Å². The van der Waals surface area contributed by atoms with Gasteiger partial charge in [0.25, 0.3) is 0 Å². The van der Waals surface area contributed by atoms with Gasteiger partial charge < -0.3 is 14.8 Å². The zero-order chi connectivity index (χ0) is 11.1. The van der Waals surface area contributed by atoms with Crippen molar-refractivity contribution in [1.29, 1.82) is 0 Å². The molecule has 1 unspecified atom stereocenters. The fraction of sp³-hybridized carbons (Fsp3) is 0.556. The predicted octanol–water partition coefficient (Wildman–Crippen LogP) is 1.15. The summed E-state index contributed by atoms with van der Waals surface area (Å²) in [6.45, 7) is 0.504. The summed E-state index contributed by atoms with van der Waals surface area (Å²) in [6.07, 6.45) is 1.62. The highest BCUT2D eigenvalue weighted by Gasteiger charge is 2.08. The zero-order valence-electron chi connectivity index (χ0n) is 8.74. The Morgan fingerprint density at radius 1 is 1.53 bits per heavy atom. The Morgan fingerprint density at radius 3 is 2.93 bits per heavy atom. The van der Waals surface area contributed by atoms with Crippen LogP contribution < -0.4 is 10.1 Å². The molecule has 0 spiro atoms. The van der Waals surface area contributed by atoms with Crippen LogP contribution in [0.25, 0.3) is 0 Å². The van der Waals surface area contributed by atoms with Crippen molar-refractivity contribution in [2.45, 2.75) is 6.04 Å². The maximum atomic E-state index is 5.74. The molecule has 0 aromatic carbocycles. The first-order valence-corrected chi connectivity index (χ1v) is 5.02. The molecule has 1 N–H and O–H groups in total. The minimum Gasteiger partial charge on any atom is -0.481 e. The van der Waals surface area contributed by atoms with Crippen molar-refractivity contribution in [1.82, 2.24) is 9.97 Å². The molecule has 0 aliphatic heterocycles. The van der Waals surface area contributed by atoms with Crippen LogP contribution in [-0.4, -0.2) is 42.7 Å². The van der Waals surface area contributed by atoms with Gasteiger partial charge in [-0.2, -0.15) is 4.98 Å². The Bertz CT molecular complexity index is 298. The molecule has 1 aromatic heterocycles. The third kappa shape index (κ3) is 3.89. The fourth-order valence-corrected chi connectivity index (χ4v) is 1.20. The molecule has 1 aromatic rings. The lowest BCUT2D eigenvalue weighted by atomic mass is 10.4. The smallest absolute Gasteiger partial charge is 0.226 e. The summed E-state index contributed by atoms with van der Waals surface area (Å²) >= 11 is 5.74. The van der Waals surface area contributed by atoms with E-state index in [0.29, 0.717) is 24.3 Å². The van der Waals surface area contributed by atoms with Gasteiger partial charge in [-0.25, -0.2) is 4.98 Å². The van der Waals surface area contributed by atoms with Crippen molar-refractivity contribution in [3.8, 4) is 5.88 Å². The Balaban J connectivity index is 2.61. The van der Waals surface area contributed by atoms with E-state index >= 15 is 0 Å². The number of alkyl halides is 1. The van der Waals surface area contributed by atoms with Crippen molar-refractivity contribution in [3.63, 3.8) is 0 Å². The number of nitrogens with one attached hydrogen (secondary N) is 1. The molecule has 0 fully saturated rings. The van der Waals surface area contributed by atoms with Gasteiger partial charge in [0.1, 0.15) is 0 Å². The van der Waals surface area contributed by atoms with Gasteiger partial charge in [-0.05, 0) is 0 Å². The summed E-state index contributed by atoms with van der Waals surface area (Å²) in [5.41, 5.74) is 0. The molecule has 0 amide bonds. The second-order valence-corrected chi connectivity index (χ2v) is 3.18. The van der Waals surface area contributed by atoms with Crippen molar-refractivity contribution in [2.24, 2.45) is 0 Å². The molecular formula is C9H14ClN3O2. The van der Waals surface area contributed by atoms with Crippen LogP contribution in [0.1, 0.15) is 0 Å². The van der Waals surface area contributed by atoms with Crippen molar-refractivity contribution >= 4 is 17.5 Å². The van der Waals surface area contributed by atoms with Crippen LogP contribution in [0.5, 0.6) is 5.88 Å². The minimum absolute atomic E-state index is 0.0104. The van der Waals surface area contributed by atoms with E-state index in [4.69, 9.17) is 21.1 Å². The molecule has 0 saturated heterocycles. The van der Waals surface area contributed by atoms with E-state index in [9.17, 15) is 0 Å². The first-order valence-electron chi connectivity index (χ1n) is 4.48. The van der Waals surface area contributed by atoms with Gasteiger partial charge in [0.2, 0.25) is 11.8 Å². The van der Waals surface area contributed by atoms with E-state index in [0.717, 1.165) is 0 Å². The van der Waals surface area contributed by atoms with Gasteiger partial charge in [-0.3, -0.25) is 0 Å². The molecule has 0 radical (unpaired) electrons. The lowest BCUT2D eigenvalue weighted by Crippen LogP contribution is -2.27. The Labute approximate surface area is 93.8 Å². The summed E-state index contributed by atoms with van der Waals surface area (Å²) in [5, 5.41) is 3.05. The minimum atomic E-state index is -0.0104. The number of nitrogens with zero attached hydrogens (tertiary/aromatic N) is 2. The zero-order valence-corrected chi connectivity index (χ0v) is 9.49.